The van der Waals surface area contributed by atoms with Crippen molar-refractivity contribution < 1.29 is 18.7 Å². The van der Waals surface area contributed by atoms with E-state index in [0.29, 0.717) is 24.7 Å². The van der Waals surface area contributed by atoms with E-state index in [1.807, 2.05) is 68.6 Å². The Hall–Kier alpha value is -3.84. The van der Waals surface area contributed by atoms with Gasteiger partial charge in [-0.05, 0) is 49.6 Å². The molecular weight excluding hydrogens is 442 g/mol. The average Bonchev–Trinajstić information content (AvgIpc) is 3.63. The highest BCUT2D eigenvalue weighted by Crippen LogP contribution is 2.35. The predicted molar refractivity (Wildman–Crippen MR) is 132 cm³/mol. The molecule has 0 saturated carbocycles. The fraction of sp³-hybridized carbons (Fsp3) is 0.286. The molecule has 7 heteroatoms. The Kier molecular flexibility index (Phi) is 6.68. The molecule has 1 aliphatic rings. The van der Waals surface area contributed by atoms with Gasteiger partial charge in [-0.3, -0.25) is 4.79 Å². The van der Waals surface area contributed by atoms with Gasteiger partial charge in [-0.1, -0.05) is 42.5 Å². The summed E-state index contributed by atoms with van der Waals surface area (Å²) < 4.78 is 19.4. The van der Waals surface area contributed by atoms with Crippen molar-refractivity contribution in [3.05, 3.63) is 89.9 Å². The van der Waals surface area contributed by atoms with E-state index in [-0.39, 0.29) is 12.0 Å². The van der Waals surface area contributed by atoms with Gasteiger partial charge in [0.1, 0.15) is 11.4 Å². The molecule has 2 aromatic carbocycles. The molecular formula is C28H29N3O4. The first kappa shape index (κ1) is 22.9. The lowest BCUT2D eigenvalue weighted by atomic mass is 10.1. The van der Waals surface area contributed by atoms with Crippen LogP contribution in [0.3, 0.4) is 0 Å². The van der Waals surface area contributed by atoms with Crippen LogP contribution in [0.1, 0.15) is 34.5 Å². The molecule has 1 saturated heterocycles. The Labute approximate surface area is 204 Å². The van der Waals surface area contributed by atoms with E-state index in [2.05, 4.69) is 0 Å². The predicted octanol–water partition coefficient (Wildman–Crippen LogP) is 5.60. The highest BCUT2D eigenvalue weighted by molar-refractivity contribution is 5.91. The van der Waals surface area contributed by atoms with Gasteiger partial charge in [0.05, 0.1) is 24.5 Å². The van der Waals surface area contributed by atoms with Crippen LogP contribution in [-0.2, 0) is 18.3 Å². The number of nitrogens with zero attached hydrogens (tertiary/aromatic N) is 3. The molecule has 2 aromatic heterocycles. The van der Waals surface area contributed by atoms with Crippen LogP contribution in [0.25, 0.3) is 11.3 Å². The first-order valence-corrected chi connectivity index (χ1v) is 11.9. The largest absolute Gasteiger partial charge is 0.459 e. The van der Waals surface area contributed by atoms with E-state index in [1.165, 1.54) is 6.26 Å². The van der Waals surface area contributed by atoms with Crippen molar-refractivity contribution in [3.8, 4) is 22.9 Å². The Morgan fingerprint density at radius 2 is 2.00 bits per heavy atom. The standard InChI is InChI=1S/C28H29N3O4/c1-20-9-6-12-22(17-20)35-28-24(26(29-30(28)2)21-10-4-3-5-11-21)19-31(18-23-13-7-15-33-23)27(32)25-14-8-16-34-25/h3-6,8-12,14,16-17,23H,7,13,15,18-19H2,1-2H3/t23-/m1/s1. The number of hydrogen-bond donors (Lipinski definition) is 0. The number of rotatable bonds is 8. The normalized spacial score (nSPS) is 15.3. The van der Waals surface area contributed by atoms with E-state index in [9.17, 15) is 4.79 Å². The number of carbonyl (C=O) groups is 1. The minimum absolute atomic E-state index is 0.00750. The quantitative estimate of drug-likeness (QED) is 0.334. The molecule has 180 valence electrons. The summed E-state index contributed by atoms with van der Waals surface area (Å²) in [5.74, 6) is 1.43. The van der Waals surface area contributed by atoms with Crippen molar-refractivity contribution >= 4 is 5.91 Å². The molecule has 0 bridgehead atoms. The maximum atomic E-state index is 13.5. The minimum Gasteiger partial charge on any atom is -0.459 e. The average molecular weight is 472 g/mol. The SMILES string of the molecule is Cc1cccc(Oc2c(CN(C[C@H]3CCCO3)C(=O)c3ccco3)c(-c3ccccc3)nn2C)c1. The summed E-state index contributed by atoms with van der Waals surface area (Å²) in [6, 6.07) is 21.3. The maximum absolute atomic E-state index is 13.5. The third kappa shape index (κ3) is 5.15. The molecule has 7 nitrogen and oxygen atoms in total. The van der Waals surface area contributed by atoms with Gasteiger partial charge in [-0.2, -0.15) is 5.10 Å². The van der Waals surface area contributed by atoms with E-state index in [1.54, 1.807) is 21.7 Å². The summed E-state index contributed by atoms with van der Waals surface area (Å²) in [4.78, 5) is 15.3. The zero-order valence-electron chi connectivity index (χ0n) is 20.0. The second-order valence-electron chi connectivity index (χ2n) is 8.84. The number of amides is 1. The van der Waals surface area contributed by atoms with Gasteiger partial charge in [0, 0.05) is 25.8 Å². The van der Waals surface area contributed by atoms with Crippen molar-refractivity contribution in [2.45, 2.75) is 32.4 Å². The second-order valence-corrected chi connectivity index (χ2v) is 8.84. The van der Waals surface area contributed by atoms with Crippen LogP contribution < -0.4 is 4.74 Å². The van der Waals surface area contributed by atoms with Crippen molar-refractivity contribution in [2.75, 3.05) is 13.2 Å². The monoisotopic (exact) mass is 471 g/mol. The van der Waals surface area contributed by atoms with Gasteiger partial charge in [0.2, 0.25) is 5.88 Å². The molecule has 0 spiro atoms. The van der Waals surface area contributed by atoms with Crippen molar-refractivity contribution in [1.29, 1.82) is 0 Å². The summed E-state index contributed by atoms with van der Waals surface area (Å²) in [5, 5.41) is 4.81. The van der Waals surface area contributed by atoms with Crippen LogP contribution in [0.5, 0.6) is 11.6 Å². The maximum Gasteiger partial charge on any atom is 0.289 e. The molecule has 0 unspecified atom stereocenters. The molecule has 5 rings (SSSR count). The second kappa shape index (κ2) is 10.2. The Morgan fingerprint density at radius 1 is 1.14 bits per heavy atom. The first-order chi connectivity index (χ1) is 17.1. The number of benzene rings is 2. The highest BCUT2D eigenvalue weighted by atomic mass is 16.5. The van der Waals surface area contributed by atoms with E-state index < -0.39 is 0 Å². The van der Waals surface area contributed by atoms with Crippen LogP contribution in [-0.4, -0.2) is 39.8 Å². The zero-order chi connectivity index (χ0) is 24.2. The number of ether oxygens (including phenoxy) is 2. The minimum atomic E-state index is -0.185. The molecule has 35 heavy (non-hydrogen) atoms. The molecule has 0 radical (unpaired) electrons. The van der Waals surface area contributed by atoms with Gasteiger partial charge in [-0.25, -0.2) is 4.68 Å². The topological polar surface area (TPSA) is 69.7 Å². The third-order valence-corrected chi connectivity index (χ3v) is 6.16. The lowest BCUT2D eigenvalue weighted by Gasteiger charge is -2.25. The van der Waals surface area contributed by atoms with Crippen LogP contribution >= 0.6 is 0 Å². The Morgan fingerprint density at radius 3 is 2.71 bits per heavy atom. The molecule has 0 N–H and O–H groups in total. The van der Waals surface area contributed by atoms with Crippen LogP contribution in [0.2, 0.25) is 0 Å². The van der Waals surface area contributed by atoms with Crippen molar-refractivity contribution in [1.82, 2.24) is 14.7 Å². The van der Waals surface area contributed by atoms with E-state index >= 15 is 0 Å². The summed E-state index contributed by atoms with van der Waals surface area (Å²) >= 11 is 0. The summed E-state index contributed by atoms with van der Waals surface area (Å²) in [6.45, 7) is 3.51. The summed E-state index contributed by atoms with van der Waals surface area (Å²) in [7, 11) is 1.86. The first-order valence-electron chi connectivity index (χ1n) is 11.9. The Bertz CT molecular complexity index is 1280. The summed E-state index contributed by atoms with van der Waals surface area (Å²) in [6.07, 6.45) is 3.43. The molecule has 1 fully saturated rings. The van der Waals surface area contributed by atoms with Crippen molar-refractivity contribution in [2.24, 2.45) is 7.05 Å². The van der Waals surface area contributed by atoms with Crippen LogP contribution in [0.15, 0.2) is 77.4 Å². The smallest absolute Gasteiger partial charge is 0.289 e. The summed E-state index contributed by atoms with van der Waals surface area (Å²) in [5.41, 5.74) is 3.67. The van der Waals surface area contributed by atoms with Gasteiger partial charge in [0.25, 0.3) is 5.91 Å². The number of aryl methyl sites for hydroxylation is 2. The lowest BCUT2D eigenvalue weighted by molar-refractivity contribution is 0.0483. The molecule has 1 amide bonds. The third-order valence-electron chi connectivity index (χ3n) is 6.16. The van der Waals surface area contributed by atoms with Crippen LogP contribution in [0, 0.1) is 6.92 Å². The lowest BCUT2D eigenvalue weighted by Crippen LogP contribution is -2.37. The van der Waals surface area contributed by atoms with Crippen molar-refractivity contribution in [3.63, 3.8) is 0 Å². The zero-order valence-corrected chi connectivity index (χ0v) is 20.0. The number of carbonyl (C=O) groups excluding carboxylic acids is 1. The van der Waals surface area contributed by atoms with Gasteiger partial charge in [0.15, 0.2) is 5.76 Å². The number of hydrogen-bond acceptors (Lipinski definition) is 5. The molecule has 1 atom stereocenters. The van der Waals surface area contributed by atoms with E-state index in [0.717, 1.165) is 47.6 Å². The fourth-order valence-electron chi connectivity index (χ4n) is 4.44. The molecule has 4 aromatic rings. The van der Waals surface area contributed by atoms with Gasteiger partial charge < -0.3 is 18.8 Å². The fourth-order valence-corrected chi connectivity index (χ4v) is 4.44. The van der Waals surface area contributed by atoms with Gasteiger partial charge >= 0.3 is 0 Å². The molecule has 3 heterocycles. The van der Waals surface area contributed by atoms with Gasteiger partial charge in [-0.15, -0.1) is 0 Å². The number of furan rings is 1. The highest BCUT2D eigenvalue weighted by Gasteiger charge is 2.29. The van der Waals surface area contributed by atoms with E-state index in [4.69, 9.17) is 19.0 Å². The molecule has 0 aliphatic carbocycles. The van der Waals surface area contributed by atoms with Crippen LogP contribution in [0.4, 0.5) is 0 Å². The number of aromatic nitrogens is 2. The Balaban J connectivity index is 1.55. The molecule has 1 aliphatic heterocycles.